The van der Waals surface area contributed by atoms with Gasteiger partial charge in [-0.05, 0) is 30.0 Å². The summed E-state index contributed by atoms with van der Waals surface area (Å²) in [4.78, 5) is 18.5. The van der Waals surface area contributed by atoms with Crippen LogP contribution < -0.4 is 10.5 Å². The second kappa shape index (κ2) is 6.47. The van der Waals surface area contributed by atoms with Crippen LogP contribution >= 0.6 is 12.4 Å². The number of carbonyl (C=O) groups is 1. The van der Waals surface area contributed by atoms with E-state index in [2.05, 4.69) is 14.8 Å². The Labute approximate surface area is 163 Å². The van der Waals surface area contributed by atoms with Crippen LogP contribution in [-0.2, 0) is 10.0 Å². The molecule has 0 saturated carbocycles. The number of benzene rings is 1. The summed E-state index contributed by atoms with van der Waals surface area (Å²) in [5, 5.41) is 4.02. The summed E-state index contributed by atoms with van der Waals surface area (Å²) >= 11 is 0. The Morgan fingerprint density at radius 3 is 2.81 bits per heavy atom. The number of amides is 1. The first-order valence-corrected chi connectivity index (χ1v) is 9.79. The monoisotopic (exact) mass is 412 g/mol. The van der Waals surface area contributed by atoms with Gasteiger partial charge in [-0.3, -0.25) is 4.79 Å². The molecule has 4 rings (SSSR count). The first kappa shape index (κ1) is 19.6. The highest BCUT2D eigenvalue weighted by atomic mass is 35.5. The third-order valence-corrected chi connectivity index (χ3v) is 6.45. The lowest BCUT2D eigenvalue weighted by Gasteiger charge is -2.42. The first-order valence-electron chi connectivity index (χ1n) is 8.31. The van der Waals surface area contributed by atoms with E-state index in [1.54, 1.807) is 17.0 Å². The number of likely N-dealkylation sites (tertiary alicyclic amines) is 1. The Morgan fingerprint density at radius 2 is 2.11 bits per heavy atom. The van der Waals surface area contributed by atoms with Gasteiger partial charge in [-0.2, -0.15) is 14.8 Å². The third kappa shape index (κ3) is 3.17. The minimum absolute atomic E-state index is 0. The second-order valence-electron chi connectivity index (χ2n) is 7.39. The molecule has 1 unspecified atom stereocenters. The maximum Gasteiger partial charge on any atom is 0.266 e. The lowest BCUT2D eigenvalue weighted by atomic mass is 9.79. The molecule has 0 radical (unpaired) electrons. The van der Waals surface area contributed by atoms with Crippen molar-refractivity contribution in [2.45, 2.75) is 31.2 Å². The zero-order valence-electron chi connectivity index (χ0n) is 14.9. The summed E-state index contributed by atoms with van der Waals surface area (Å²) in [5.41, 5.74) is 6.64. The smallest absolute Gasteiger partial charge is 0.266 e. The molecule has 3 N–H and O–H groups in total. The first-order chi connectivity index (χ1) is 12.2. The number of nitrogens with zero attached hydrogens (tertiary/aromatic N) is 4. The Bertz CT molecular complexity index is 1000. The number of nitrogens with two attached hydrogens (primary N) is 1. The Hall–Kier alpha value is -2.17. The number of piperidine rings is 1. The molecule has 9 nitrogen and oxygen atoms in total. The predicted molar refractivity (Wildman–Crippen MR) is 102 cm³/mol. The van der Waals surface area contributed by atoms with E-state index < -0.39 is 10.0 Å². The van der Waals surface area contributed by atoms with Crippen molar-refractivity contribution in [3.05, 3.63) is 30.1 Å². The van der Waals surface area contributed by atoms with Gasteiger partial charge in [0.25, 0.3) is 15.9 Å². The fourth-order valence-electron chi connectivity index (χ4n) is 3.43. The minimum Gasteiger partial charge on any atom is -0.338 e. The van der Waals surface area contributed by atoms with Crippen LogP contribution in [0.2, 0.25) is 0 Å². The number of fused-ring (bicyclic) bond motifs is 3. The highest BCUT2D eigenvalue weighted by Crippen LogP contribution is 2.32. The van der Waals surface area contributed by atoms with Crippen molar-refractivity contribution in [1.29, 1.82) is 0 Å². The number of rotatable bonds is 1. The predicted octanol–water partition coefficient (Wildman–Crippen LogP) is 1.00. The molecule has 0 aliphatic carbocycles. The molecule has 2 aromatic rings. The largest absolute Gasteiger partial charge is 0.338 e. The summed E-state index contributed by atoms with van der Waals surface area (Å²) in [6.07, 6.45) is 1.98. The van der Waals surface area contributed by atoms with E-state index in [1.165, 1.54) is 17.1 Å². The Balaban J connectivity index is 0.00000210. The standard InChI is InChI=1S/C16H20N6O3S.ClH/c1-16(2)8-21(6-5-13(16)17)14(23)10-3-4-11-12(7-10)26(24,25)20-15-18-9-19-22(11)15;/h3-4,7,9,13H,5-6,8,17H2,1-2H3,(H,18,19,20);1H. The van der Waals surface area contributed by atoms with Crippen molar-refractivity contribution in [3.63, 3.8) is 0 Å². The Kier molecular flexibility index (Phi) is 4.69. The van der Waals surface area contributed by atoms with Gasteiger partial charge < -0.3 is 10.6 Å². The summed E-state index contributed by atoms with van der Waals surface area (Å²) in [7, 11) is -3.81. The van der Waals surface area contributed by atoms with Gasteiger partial charge in [0, 0.05) is 24.7 Å². The van der Waals surface area contributed by atoms with Gasteiger partial charge in [0.1, 0.15) is 11.2 Å². The highest BCUT2D eigenvalue weighted by Gasteiger charge is 2.36. The van der Waals surface area contributed by atoms with E-state index in [0.717, 1.165) is 0 Å². The second-order valence-corrected chi connectivity index (χ2v) is 9.04. The number of aromatic nitrogens is 3. The molecule has 3 heterocycles. The molecule has 27 heavy (non-hydrogen) atoms. The van der Waals surface area contributed by atoms with Gasteiger partial charge in [0.05, 0.1) is 5.69 Å². The maximum atomic E-state index is 12.9. The van der Waals surface area contributed by atoms with Gasteiger partial charge in [0.2, 0.25) is 5.95 Å². The molecule has 1 fully saturated rings. The molecule has 1 amide bonds. The van der Waals surface area contributed by atoms with Crippen molar-refractivity contribution in [1.82, 2.24) is 19.7 Å². The van der Waals surface area contributed by atoms with Crippen molar-refractivity contribution in [2.75, 3.05) is 17.8 Å². The number of anilines is 1. The van der Waals surface area contributed by atoms with Gasteiger partial charge in [-0.25, -0.2) is 13.1 Å². The molecule has 1 saturated heterocycles. The fourth-order valence-corrected chi connectivity index (χ4v) is 4.63. The number of sulfonamides is 1. The van der Waals surface area contributed by atoms with E-state index in [0.29, 0.717) is 30.8 Å². The average Bonchev–Trinajstić information content (AvgIpc) is 3.03. The van der Waals surface area contributed by atoms with Crippen molar-refractivity contribution in [2.24, 2.45) is 11.1 Å². The molecular weight excluding hydrogens is 392 g/mol. The molecule has 11 heteroatoms. The van der Waals surface area contributed by atoms with Crippen LogP contribution in [0.1, 0.15) is 30.6 Å². The zero-order valence-corrected chi connectivity index (χ0v) is 16.5. The maximum absolute atomic E-state index is 12.9. The van der Waals surface area contributed by atoms with Crippen molar-refractivity contribution < 1.29 is 13.2 Å². The van der Waals surface area contributed by atoms with E-state index in [9.17, 15) is 13.2 Å². The minimum atomic E-state index is -3.81. The molecule has 2 aliphatic rings. The zero-order chi connectivity index (χ0) is 18.7. The number of carbonyl (C=O) groups excluding carboxylic acids is 1. The fraction of sp³-hybridized carbons (Fsp3) is 0.438. The topological polar surface area (TPSA) is 123 Å². The Morgan fingerprint density at radius 1 is 1.37 bits per heavy atom. The summed E-state index contributed by atoms with van der Waals surface area (Å²) in [5.74, 6) is -0.0734. The summed E-state index contributed by atoms with van der Waals surface area (Å²) in [6, 6.07) is 4.63. The van der Waals surface area contributed by atoms with Gasteiger partial charge in [-0.1, -0.05) is 13.8 Å². The molecule has 2 aliphatic heterocycles. The molecule has 1 aromatic heterocycles. The van der Waals surface area contributed by atoms with Gasteiger partial charge in [0.15, 0.2) is 0 Å². The number of hydrogen-bond acceptors (Lipinski definition) is 6. The molecular formula is C16H21ClN6O3S. The van der Waals surface area contributed by atoms with E-state index >= 15 is 0 Å². The lowest BCUT2D eigenvalue weighted by Crippen LogP contribution is -2.54. The molecule has 1 aromatic carbocycles. The molecule has 146 valence electrons. The number of nitrogens with one attached hydrogen (secondary N) is 1. The van der Waals surface area contributed by atoms with Crippen molar-refractivity contribution in [3.8, 4) is 5.69 Å². The molecule has 0 spiro atoms. The number of halogens is 1. The quantitative estimate of drug-likeness (QED) is 0.720. The number of hydrogen-bond donors (Lipinski definition) is 2. The summed E-state index contributed by atoms with van der Waals surface area (Å²) in [6.45, 7) is 5.15. The van der Waals surface area contributed by atoms with Crippen LogP contribution in [0.25, 0.3) is 5.69 Å². The molecule has 0 bridgehead atoms. The van der Waals surface area contributed by atoms with Crippen LogP contribution in [0.3, 0.4) is 0 Å². The van der Waals surface area contributed by atoms with Crippen LogP contribution in [0.5, 0.6) is 0 Å². The van der Waals surface area contributed by atoms with Crippen molar-refractivity contribution >= 4 is 34.3 Å². The van der Waals surface area contributed by atoms with Crippen LogP contribution in [0.4, 0.5) is 5.95 Å². The van der Waals surface area contributed by atoms with Gasteiger partial charge in [-0.15, -0.1) is 12.4 Å². The lowest BCUT2D eigenvalue weighted by molar-refractivity contribution is 0.0533. The van der Waals surface area contributed by atoms with Crippen LogP contribution in [0, 0.1) is 5.41 Å². The van der Waals surface area contributed by atoms with Crippen LogP contribution in [0.15, 0.2) is 29.4 Å². The van der Waals surface area contributed by atoms with Crippen LogP contribution in [-0.4, -0.2) is 53.1 Å². The van der Waals surface area contributed by atoms with E-state index in [1.807, 2.05) is 13.8 Å². The van der Waals surface area contributed by atoms with E-state index in [4.69, 9.17) is 5.73 Å². The SMILES string of the molecule is CC1(C)CN(C(=O)c2ccc3c(c2)S(=O)(=O)Nc2ncnn2-3)CCC1N.Cl. The highest BCUT2D eigenvalue weighted by molar-refractivity contribution is 7.93. The van der Waals surface area contributed by atoms with E-state index in [-0.39, 0.29) is 40.6 Å². The average molecular weight is 413 g/mol. The third-order valence-electron chi connectivity index (χ3n) is 5.10. The molecule has 1 atom stereocenters. The summed E-state index contributed by atoms with van der Waals surface area (Å²) < 4.78 is 28.7. The normalized spacial score (nSPS) is 22.0. The van der Waals surface area contributed by atoms with Gasteiger partial charge >= 0.3 is 0 Å².